The minimum Gasteiger partial charge on any atom is -0.452 e. The quantitative estimate of drug-likeness (QED) is 0.0565. The second-order valence-electron chi connectivity index (χ2n) is 10.0. The molecule has 0 bridgehead atoms. The van der Waals surface area contributed by atoms with Crippen LogP contribution in [0, 0.1) is 16.3 Å². The fourth-order valence-electron chi connectivity index (χ4n) is 4.22. The fourth-order valence-corrected chi connectivity index (χ4v) is 7.19. The monoisotopic (exact) mass is 851 g/mol. The first-order valence-corrected chi connectivity index (χ1v) is 17.2. The van der Waals surface area contributed by atoms with E-state index in [0.717, 1.165) is 22.8 Å². The molecule has 3 N–H and O–H groups in total. The minimum absolute atomic E-state index is 0.131. The Bertz CT molecular complexity index is 1840. The molecule has 3 aromatic rings. The number of para-hydroxylation sites is 1. The lowest BCUT2D eigenvalue weighted by Crippen LogP contribution is -2.48. The molecule has 11 nitrogen and oxygen atoms in total. The number of nitrogens with zero attached hydrogens (tertiary/aromatic N) is 2. The summed E-state index contributed by atoms with van der Waals surface area (Å²) in [4.78, 5) is 27.1. The molecule has 1 heterocycles. The summed E-state index contributed by atoms with van der Waals surface area (Å²) in [5, 5.41) is 5.37. The normalized spacial score (nSPS) is 12.2. The maximum absolute atomic E-state index is 14.9. The summed E-state index contributed by atoms with van der Waals surface area (Å²) in [7, 11) is -3.37. The van der Waals surface area contributed by atoms with Gasteiger partial charge in [0.15, 0.2) is 20.8 Å². The van der Waals surface area contributed by atoms with Gasteiger partial charge >= 0.3 is 16.6 Å². The van der Waals surface area contributed by atoms with E-state index >= 15 is 0 Å². The molecule has 0 radical (unpaired) electrons. The van der Waals surface area contributed by atoms with Gasteiger partial charge in [0.2, 0.25) is 0 Å². The number of rotatable bonds is 12. The SMILES string of the molecule is CCNS(=O)(=O)N(c1cccc(Oc2c(C(=O)NC(C)C)c(Nc3ccc(I)cc3F)n(C)c(=O)c2C)c1OC(F)(F)F)C(S)(S)S. The van der Waals surface area contributed by atoms with Crippen molar-refractivity contribution in [1.29, 1.82) is 0 Å². The second-order valence-corrected chi connectivity index (χ2v) is 15.9. The molecule has 0 saturated heterocycles. The topological polar surface area (TPSA) is 131 Å². The Hall–Kier alpha value is -2.53. The minimum atomic E-state index is -5.40. The van der Waals surface area contributed by atoms with Crippen molar-refractivity contribution < 1.29 is 40.2 Å². The number of halogens is 5. The highest BCUT2D eigenvalue weighted by Crippen LogP contribution is 2.48. The van der Waals surface area contributed by atoms with Crippen LogP contribution in [0.3, 0.4) is 0 Å². The van der Waals surface area contributed by atoms with Gasteiger partial charge in [-0.25, -0.2) is 8.70 Å². The van der Waals surface area contributed by atoms with Crippen LogP contribution < -0.4 is 34.7 Å². The molecule has 0 saturated carbocycles. The van der Waals surface area contributed by atoms with E-state index in [9.17, 15) is 35.6 Å². The van der Waals surface area contributed by atoms with E-state index in [2.05, 4.69) is 58.0 Å². The Morgan fingerprint density at radius 1 is 1.13 bits per heavy atom. The van der Waals surface area contributed by atoms with Gasteiger partial charge in [0.1, 0.15) is 22.9 Å². The van der Waals surface area contributed by atoms with Crippen LogP contribution in [0.15, 0.2) is 41.2 Å². The standard InChI is InChI=1S/C27H30F4IN5O6S4/c1-6-33-47(40,41)37(27(44,45)46)18-8-7-9-19(22(18)43-26(29,30)31)42-21-14(4)25(39)36(5)23(20(21)24(38)34-13(2)3)35-17-11-10-15(32)12-16(17)28/h7-13,33,35,44-46H,6H2,1-5H3,(H,34,38). The highest BCUT2D eigenvalue weighted by molar-refractivity contribution is 14.1. The van der Waals surface area contributed by atoms with Crippen LogP contribution in [0.2, 0.25) is 0 Å². The largest absolute Gasteiger partial charge is 0.573 e. The van der Waals surface area contributed by atoms with E-state index in [-0.39, 0.29) is 29.2 Å². The van der Waals surface area contributed by atoms with Crippen molar-refractivity contribution in [1.82, 2.24) is 14.6 Å². The number of hydrogen-bond acceptors (Lipinski definition) is 10. The first-order chi connectivity index (χ1) is 21.6. The molecule has 0 atom stereocenters. The molecule has 0 spiro atoms. The van der Waals surface area contributed by atoms with Gasteiger partial charge in [-0.15, -0.1) is 51.1 Å². The molecule has 0 aliphatic rings. The summed E-state index contributed by atoms with van der Waals surface area (Å²) in [6.45, 7) is 5.78. The molecule has 0 fully saturated rings. The zero-order valence-electron chi connectivity index (χ0n) is 25.2. The second kappa shape index (κ2) is 14.9. The third-order valence-electron chi connectivity index (χ3n) is 6.04. The first kappa shape index (κ1) is 38.9. The number of hydrogen-bond donors (Lipinski definition) is 6. The molecular weight excluding hydrogens is 821 g/mol. The van der Waals surface area contributed by atoms with E-state index < -0.39 is 66.4 Å². The van der Waals surface area contributed by atoms with E-state index in [1.807, 2.05) is 22.6 Å². The third-order valence-corrected chi connectivity index (χ3v) is 9.32. The maximum Gasteiger partial charge on any atom is 0.573 e. The predicted molar refractivity (Wildman–Crippen MR) is 189 cm³/mol. The highest BCUT2D eigenvalue weighted by atomic mass is 127. The van der Waals surface area contributed by atoms with Gasteiger partial charge in [0.05, 0.1) is 11.3 Å². The average Bonchev–Trinajstić information content (AvgIpc) is 2.90. The van der Waals surface area contributed by atoms with Crippen molar-refractivity contribution in [3.05, 3.63) is 67.3 Å². The van der Waals surface area contributed by atoms with Gasteiger partial charge in [-0.2, -0.15) is 13.1 Å². The smallest absolute Gasteiger partial charge is 0.452 e. The first-order valence-electron chi connectivity index (χ1n) is 13.4. The summed E-state index contributed by atoms with van der Waals surface area (Å²) >= 11 is 14.0. The van der Waals surface area contributed by atoms with Crippen molar-refractivity contribution in [2.24, 2.45) is 7.05 Å². The summed E-state index contributed by atoms with van der Waals surface area (Å²) < 4.78 is 94.9. The lowest BCUT2D eigenvalue weighted by Gasteiger charge is -2.34. The fraction of sp³-hybridized carbons (Fsp3) is 0.333. The molecule has 20 heteroatoms. The van der Waals surface area contributed by atoms with Crippen LogP contribution in [-0.2, 0) is 17.3 Å². The Balaban J connectivity index is 2.42. The number of pyridine rings is 1. The lowest BCUT2D eigenvalue weighted by atomic mass is 10.1. The van der Waals surface area contributed by atoms with Crippen LogP contribution in [-0.4, -0.2) is 41.4 Å². The Kier molecular flexibility index (Phi) is 12.4. The molecule has 1 aromatic heterocycles. The molecule has 0 aliphatic heterocycles. The van der Waals surface area contributed by atoms with Gasteiger partial charge in [0.25, 0.3) is 11.5 Å². The number of nitrogens with one attached hydrogen (secondary N) is 3. The zero-order valence-corrected chi connectivity index (χ0v) is 30.9. The summed E-state index contributed by atoms with van der Waals surface area (Å²) in [6.07, 6.45) is -5.40. The molecule has 1 amide bonds. The number of carbonyl (C=O) groups excluding carboxylic acids is 1. The van der Waals surface area contributed by atoms with Gasteiger partial charge in [-0.3, -0.25) is 14.2 Å². The zero-order chi connectivity index (χ0) is 35.6. The maximum atomic E-state index is 14.9. The number of amides is 1. The molecule has 2 aromatic carbocycles. The number of benzene rings is 2. The van der Waals surface area contributed by atoms with Gasteiger partial charge in [-0.05, 0) is 73.7 Å². The van der Waals surface area contributed by atoms with E-state index in [1.165, 1.54) is 33.0 Å². The summed E-state index contributed by atoms with van der Waals surface area (Å²) in [5.74, 6) is -4.33. The number of aromatic nitrogens is 1. The highest BCUT2D eigenvalue weighted by Gasteiger charge is 2.42. The Labute approximate surface area is 298 Å². The van der Waals surface area contributed by atoms with Crippen molar-refractivity contribution in [3.63, 3.8) is 0 Å². The predicted octanol–water partition coefficient (Wildman–Crippen LogP) is 6.07. The van der Waals surface area contributed by atoms with E-state index in [1.54, 1.807) is 19.9 Å². The van der Waals surface area contributed by atoms with Crippen LogP contribution in [0.1, 0.15) is 36.7 Å². The number of carbonyl (C=O) groups is 1. The van der Waals surface area contributed by atoms with E-state index in [4.69, 9.17) is 4.74 Å². The van der Waals surface area contributed by atoms with Crippen molar-refractivity contribution >= 4 is 93.8 Å². The number of thiol groups is 3. The molecule has 0 aliphatic carbocycles. The molecule has 0 unspecified atom stereocenters. The van der Waals surface area contributed by atoms with E-state index in [0.29, 0.717) is 7.88 Å². The number of anilines is 3. The van der Waals surface area contributed by atoms with Gasteiger partial charge in [0, 0.05) is 23.2 Å². The van der Waals surface area contributed by atoms with Gasteiger partial charge in [-0.1, -0.05) is 13.0 Å². The molecule has 3 rings (SSSR count). The average molecular weight is 852 g/mol. The number of ether oxygens (including phenoxy) is 2. The van der Waals surface area contributed by atoms with Crippen LogP contribution >= 0.6 is 60.5 Å². The van der Waals surface area contributed by atoms with Crippen molar-refractivity contribution in [2.45, 2.75) is 43.6 Å². The number of alkyl halides is 3. The van der Waals surface area contributed by atoms with Gasteiger partial charge < -0.3 is 20.1 Å². The third kappa shape index (κ3) is 9.34. The lowest BCUT2D eigenvalue weighted by molar-refractivity contribution is -0.274. The van der Waals surface area contributed by atoms with Crippen LogP contribution in [0.4, 0.5) is 34.8 Å². The summed E-state index contributed by atoms with van der Waals surface area (Å²) in [6, 6.07) is 6.74. The molecule has 258 valence electrons. The summed E-state index contributed by atoms with van der Waals surface area (Å²) in [5.41, 5.74) is -2.28. The van der Waals surface area contributed by atoms with Crippen molar-refractivity contribution in [2.75, 3.05) is 16.2 Å². The Morgan fingerprint density at radius 2 is 1.77 bits per heavy atom. The Morgan fingerprint density at radius 3 is 2.30 bits per heavy atom. The van der Waals surface area contributed by atoms with Crippen molar-refractivity contribution in [3.8, 4) is 17.2 Å². The van der Waals surface area contributed by atoms with Crippen LogP contribution in [0.5, 0.6) is 17.2 Å². The molecular formula is C27H30F4IN5O6S4. The molecule has 47 heavy (non-hydrogen) atoms. The van der Waals surface area contributed by atoms with Crippen LogP contribution in [0.25, 0.3) is 0 Å².